The van der Waals surface area contributed by atoms with E-state index in [4.69, 9.17) is 29.9 Å². The van der Waals surface area contributed by atoms with Crippen molar-refractivity contribution in [1.82, 2.24) is 51.2 Å². The van der Waals surface area contributed by atoms with Crippen LogP contribution in [0.3, 0.4) is 0 Å². The third-order valence-electron chi connectivity index (χ3n) is 15.3. The number of nitrogens with zero attached hydrogens (tertiary/aromatic N) is 10. The smallest absolute Gasteiger partial charge is 0.231 e. The van der Waals surface area contributed by atoms with Crippen LogP contribution in [0.2, 0.25) is 0 Å². The third kappa shape index (κ3) is 15.3. The van der Waals surface area contributed by atoms with Gasteiger partial charge in [0.15, 0.2) is 0 Å². The average Bonchev–Trinajstić information content (AvgIpc) is 3.17. The molecule has 6 N–H and O–H groups in total. The van der Waals surface area contributed by atoms with Gasteiger partial charge in [-0.1, -0.05) is 19.3 Å². The number of aromatic nitrogens is 6. The molecule has 2 aromatic heterocycles. The zero-order valence-electron chi connectivity index (χ0n) is 47.4. The molecule has 4 aliphatic rings. The van der Waals surface area contributed by atoms with Gasteiger partial charge in [-0.25, -0.2) is 0 Å². The number of unbranched alkanes of at least 4 members (excludes halogenated alkanes) is 4. The molecule has 0 amide bonds. The lowest BCUT2D eigenvalue weighted by atomic mass is 9.79. The summed E-state index contributed by atoms with van der Waals surface area (Å²) in [5, 5.41) is 22.7. The maximum atomic E-state index is 5.19. The summed E-state index contributed by atoms with van der Waals surface area (Å²) in [6.45, 7) is 38.5. The minimum Gasteiger partial charge on any atom is -0.354 e. The molecule has 6 heterocycles. The maximum Gasteiger partial charge on any atom is 0.231 e. The molecular weight excluding hydrogens is 861 g/mol. The first-order valence-corrected chi connectivity index (χ1v) is 26.7. The second-order valence-electron chi connectivity index (χ2n) is 27.4. The summed E-state index contributed by atoms with van der Waals surface area (Å²) in [7, 11) is 8.66. The van der Waals surface area contributed by atoms with Crippen LogP contribution in [0.1, 0.15) is 194 Å². The van der Waals surface area contributed by atoms with E-state index in [0.717, 1.165) is 120 Å². The first-order valence-electron chi connectivity index (χ1n) is 26.7. The van der Waals surface area contributed by atoms with Crippen LogP contribution >= 0.6 is 0 Å². The Bertz CT molecular complexity index is 1700. The Balaban J connectivity index is 1.08. The lowest BCUT2D eigenvalue weighted by molar-refractivity contribution is 0.159. The van der Waals surface area contributed by atoms with Gasteiger partial charge < -0.3 is 51.5 Å². The molecule has 0 bridgehead atoms. The SMILES string of the molecule is CN(c1nc(NCCCCCCCNc2nc(N(C)C3CC(C)(C)NC(C)(C)C3)nc(N(C)C3CC(C)(C)NC(C)(C)C3)n2)nc(N(C)C2CC(C)(C)NC(C)(C)C2)n1)C1CC(C)(C)NC(C)(C)C1. The molecule has 0 aliphatic carbocycles. The maximum absolute atomic E-state index is 5.19. The number of rotatable bonds is 18. The van der Waals surface area contributed by atoms with Gasteiger partial charge in [0.1, 0.15) is 0 Å². The van der Waals surface area contributed by atoms with Gasteiger partial charge in [-0.15, -0.1) is 0 Å². The van der Waals surface area contributed by atoms with Crippen molar-refractivity contribution in [1.29, 1.82) is 0 Å². The molecule has 392 valence electrons. The molecule has 0 aromatic carbocycles. The molecule has 0 saturated carbocycles. The number of piperidine rings is 4. The predicted octanol–water partition coefficient (Wildman–Crippen LogP) is 8.51. The average molecular weight is 961 g/mol. The van der Waals surface area contributed by atoms with Crippen molar-refractivity contribution in [3.63, 3.8) is 0 Å². The van der Waals surface area contributed by atoms with E-state index in [1.54, 1.807) is 0 Å². The van der Waals surface area contributed by atoms with E-state index in [-0.39, 0.29) is 44.3 Å². The van der Waals surface area contributed by atoms with E-state index in [0.29, 0.717) is 36.1 Å². The Labute approximate surface area is 419 Å². The van der Waals surface area contributed by atoms with Crippen LogP contribution in [0.5, 0.6) is 0 Å². The fourth-order valence-electron chi connectivity index (χ4n) is 13.5. The van der Waals surface area contributed by atoms with Crippen molar-refractivity contribution in [3.8, 4) is 0 Å². The number of anilines is 6. The van der Waals surface area contributed by atoms with Crippen molar-refractivity contribution in [2.45, 2.75) is 263 Å². The molecular formula is C53H100N16. The molecule has 69 heavy (non-hydrogen) atoms. The molecule has 6 rings (SSSR count). The molecule has 0 unspecified atom stereocenters. The van der Waals surface area contributed by atoms with Crippen molar-refractivity contribution in [2.24, 2.45) is 0 Å². The summed E-state index contributed by atoms with van der Waals surface area (Å²) in [6, 6.07) is 1.19. The summed E-state index contributed by atoms with van der Waals surface area (Å²) in [5.41, 5.74) is 0.0703. The second kappa shape index (κ2) is 20.3. The highest BCUT2D eigenvalue weighted by atomic mass is 15.4. The number of hydrogen-bond acceptors (Lipinski definition) is 16. The summed E-state index contributed by atoms with van der Waals surface area (Å²) in [4.78, 5) is 39.9. The minimum absolute atomic E-state index is 0.00878. The van der Waals surface area contributed by atoms with Crippen LogP contribution in [0.4, 0.5) is 35.7 Å². The van der Waals surface area contributed by atoms with E-state index >= 15 is 0 Å². The quantitative estimate of drug-likeness (QED) is 0.0788. The summed E-state index contributed by atoms with van der Waals surface area (Å²) in [6.07, 6.45) is 13.6. The predicted molar refractivity (Wildman–Crippen MR) is 291 cm³/mol. The van der Waals surface area contributed by atoms with Gasteiger partial charge in [0.2, 0.25) is 35.7 Å². The Morgan fingerprint density at radius 1 is 0.333 bits per heavy atom. The zero-order valence-corrected chi connectivity index (χ0v) is 47.4. The Kier molecular flexibility index (Phi) is 16.2. The number of hydrogen-bond donors (Lipinski definition) is 6. The molecule has 2 aromatic rings. The first-order chi connectivity index (χ1) is 31.6. The van der Waals surface area contributed by atoms with Crippen molar-refractivity contribution in [2.75, 3.05) is 71.5 Å². The van der Waals surface area contributed by atoms with Gasteiger partial charge in [-0.3, -0.25) is 0 Å². The van der Waals surface area contributed by atoms with Crippen LogP contribution in [-0.4, -0.2) is 140 Å². The topological polar surface area (TPSA) is 162 Å². The van der Waals surface area contributed by atoms with Crippen LogP contribution in [0, 0.1) is 0 Å². The highest BCUT2D eigenvalue weighted by Crippen LogP contribution is 2.37. The minimum atomic E-state index is 0.00878. The molecule has 0 spiro atoms. The monoisotopic (exact) mass is 961 g/mol. The van der Waals surface area contributed by atoms with Crippen molar-refractivity contribution >= 4 is 35.7 Å². The van der Waals surface area contributed by atoms with E-state index < -0.39 is 0 Å². The Morgan fingerprint density at radius 2 is 0.522 bits per heavy atom. The molecule has 0 atom stereocenters. The molecule has 4 fully saturated rings. The standard InChI is InChI=1S/C53H100N16/c1-46(2)28-36(29-47(3,4)62-46)66(17)42-56-40(57-43(60-42)67(18)37-30-48(5,6)63-49(7,8)31-37)54-26-24-22-21-23-25-27-55-41-58-44(68(19)38-32-50(9,10)64-51(11,12)33-38)61-45(59-41)69(20)39-34-52(13,14)65-53(15,16)35-39/h36-39,62-65H,21-35H2,1-20H3,(H,54,56,57,60)(H,55,58,59,61). The van der Waals surface area contributed by atoms with Crippen molar-refractivity contribution in [3.05, 3.63) is 0 Å². The Hall–Kier alpha value is -3.34. The van der Waals surface area contributed by atoms with E-state index in [1.807, 2.05) is 0 Å². The second-order valence-corrected chi connectivity index (χ2v) is 27.4. The zero-order chi connectivity index (χ0) is 51.2. The highest BCUT2D eigenvalue weighted by Gasteiger charge is 2.44. The van der Waals surface area contributed by atoms with E-state index in [1.165, 1.54) is 0 Å². The Morgan fingerprint density at radius 3 is 0.725 bits per heavy atom. The first kappa shape index (κ1) is 55.0. The summed E-state index contributed by atoms with van der Waals surface area (Å²) in [5.74, 6) is 4.27. The molecule has 0 radical (unpaired) electrons. The van der Waals surface area contributed by atoms with Gasteiger partial charge >= 0.3 is 0 Å². The van der Waals surface area contributed by atoms with Crippen molar-refractivity contribution < 1.29 is 0 Å². The van der Waals surface area contributed by atoms with Crippen LogP contribution in [0.25, 0.3) is 0 Å². The van der Waals surface area contributed by atoms with E-state index in [9.17, 15) is 0 Å². The molecule has 4 aliphatic heterocycles. The third-order valence-corrected chi connectivity index (χ3v) is 15.3. The fourth-order valence-corrected chi connectivity index (χ4v) is 13.5. The van der Waals surface area contributed by atoms with Crippen LogP contribution in [0.15, 0.2) is 0 Å². The van der Waals surface area contributed by atoms with Gasteiger partial charge in [-0.05, 0) is 175 Å². The molecule has 16 heteroatoms. The largest absolute Gasteiger partial charge is 0.354 e. The normalized spacial score (nSPS) is 24.1. The van der Waals surface area contributed by atoms with Gasteiger partial charge in [0.25, 0.3) is 0 Å². The molecule has 4 saturated heterocycles. The summed E-state index contributed by atoms with van der Waals surface area (Å²) < 4.78 is 0. The van der Waals surface area contributed by atoms with Gasteiger partial charge in [-0.2, -0.15) is 29.9 Å². The lowest BCUT2D eigenvalue weighted by Gasteiger charge is -2.49. The van der Waals surface area contributed by atoms with E-state index in [2.05, 4.69) is 190 Å². The van der Waals surface area contributed by atoms with Crippen LogP contribution in [-0.2, 0) is 0 Å². The fraction of sp³-hybridized carbons (Fsp3) is 0.887. The lowest BCUT2D eigenvalue weighted by Crippen LogP contribution is -2.62. The summed E-state index contributed by atoms with van der Waals surface area (Å²) >= 11 is 0. The van der Waals surface area contributed by atoms with Gasteiger partial charge in [0, 0.05) is 110 Å². The molecule has 16 nitrogen and oxygen atoms in total. The number of nitrogens with one attached hydrogen (secondary N) is 6. The highest BCUT2D eigenvalue weighted by molar-refractivity contribution is 5.48. The van der Waals surface area contributed by atoms with Crippen LogP contribution < -0.4 is 51.5 Å². The van der Waals surface area contributed by atoms with Gasteiger partial charge in [0.05, 0.1) is 0 Å².